The molecule has 0 heterocycles. The number of nitrogens with one attached hydrogen (secondary N) is 1. The molecule has 0 saturated heterocycles. The van der Waals surface area contributed by atoms with E-state index in [4.69, 9.17) is 21.6 Å². The number of hydrogen-bond donors (Lipinski definition) is 1. The van der Waals surface area contributed by atoms with Gasteiger partial charge in [-0.3, -0.25) is 4.79 Å². The first kappa shape index (κ1) is 15.9. The molecule has 1 amide bonds. The lowest BCUT2D eigenvalue weighted by Gasteiger charge is -2.15. The highest BCUT2D eigenvalue weighted by Gasteiger charge is 2.15. The van der Waals surface area contributed by atoms with Crippen molar-refractivity contribution in [3.05, 3.63) is 58.6 Å². The van der Waals surface area contributed by atoms with Crippen molar-refractivity contribution in [2.75, 3.05) is 5.32 Å². The predicted molar refractivity (Wildman–Crippen MR) is 86.1 cm³/mol. The molecule has 2 aromatic rings. The van der Waals surface area contributed by atoms with Crippen molar-refractivity contribution < 1.29 is 9.53 Å². The highest BCUT2D eigenvalue weighted by atomic mass is 35.5. The van der Waals surface area contributed by atoms with E-state index in [1.807, 2.05) is 19.1 Å². The van der Waals surface area contributed by atoms with E-state index in [1.165, 1.54) is 0 Å². The fourth-order valence-corrected chi connectivity index (χ4v) is 1.96. The minimum Gasteiger partial charge on any atom is -0.481 e. The SMILES string of the molecule is Cc1ccc(NC(=O)[C@H](C)Oc2ccc(C#N)cc2)cc1Cl. The molecule has 0 unspecified atom stereocenters. The molecule has 0 bridgehead atoms. The lowest BCUT2D eigenvalue weighted by Crippen LogP contribution is -2.30. The number of nitriles is 1. The van der Waals surface area contributed by atoms with Crippen molar-refractivity contribution in [1.82, 2.24) is 0 Å². The lowest BCUT2D eigenvalue weighted by molar-refractivity contribution is -0.122. The molecular weight excluding hydrogens is 300 g/mol. The largest absolute Gasteiger partial charge is 0.481 e. The second kappa shape index (κ2) is 6.97. The van der Waals surface area contributed by atoms with Gasteiger partial charge < -0.3 is 10.1 Å². The Kier molecular flexibility index (Phi) is 5.03. The Bertz CT molecular complexity index is 720. The average molecular weight is 315 g/mol. The molecule has 2 aromatic carbocycles. The number of carbonyl (C=O) groups is 1. The molecule has 2 rings (SSSR count). The molecule has 0 spiro atoms. The molecule has 1 N–H and O–H groups in total. The van der Waals surface area contributed by atoms with Crippen molar-refractivity contribution in [2.45, 2.75) is 20.0 Å². The molecule has 0 saturated carbocycles. The van der Waals surface area contributed by atoms with Crippen molar-refractivity contribution >= 4 is 23.2 Å². The Morgan fingerprint density at radius 1 is 1.27 bits per heavy atom. The maximum Gasteiger partial charge on any atom is 0.265 e. The van der Waals surface area contributed by atoms with E-state index in [9.17, 15) is 4.79 Å². The number of nitrogens with zero attached hydrogens (tertiary/aromatic N) is 1. The van der Waals surface area contributed by atoms with E-state index in [2.05, 4.69) is 5.32 Å². The maximum atomic E-state index is 12.1. The van der Waals surface area contributed by atoms with Crippen LogP contribution in [0.4, 0.5) is 5.69 Å². The van der Waals surface area contributed by atoms with Gasteiger partial charge in [-0.1, -0.05) is 17.7 Å². The minimum atomic E-state index is -0.673. The molecule has 0 aliphatic carbocycles. The van der Waals surface area contributed by atoms with Gasteiger partial charge in [-0.15, -0.1) is 0 Å². The van der Waals surface area contributed by atoms with Gasteiger partial charge in [0.15, 0.2) is 6.10 Å². The van der Waals surface area contributed by atoms with Gasteiger partial charge in [-0.25, -0.2) is 0 Å². The van der Waals surface area contributed by atoms with Crippen LogP contribution in [0.1, 0.15) is 18.1 Å². The number of aryl methyl sites for hydroxylation is 1. The summed E-state index contributed by atoms with van der Waals surface area (Å²) in [5, 5.41) is 12.1. The van der Waals surface area contributed by atoms with E-state index in [-0.39, 0.29) is 5.91 Å². The molecule has 0 aromatic heterocycles. The Morgan fingerprint density at radius 3 is 2.55 bits per heavy atom. The van der Waals surface area contributed by atoms with Crippen LogP contribution in [0.25, 0.3) is 0 Å². The topological polar surface area (TPSA) is 62.1 Å². The first-order valence-corrected chi connectivity index (χ1v) is 7.11. The molecule has 0 aliphatic heterocycles. The van der Waals surface area contributed by atoms with Crippen LogP contribution in [-0.2, 0) is 4.79 Å². The van der Waals surface area contributed by atoms with Gasteiger partial charge in [0, 0.05) is 10.7 Å². The van der Waals surface area contributed by atoms with Crippen LogP contribution in [0, 0.1) is 18.3 Å². The zero-order chi connectivity index (χ0) is 16.1. The first-order valence-electron chi connectivity index (χ1n) is 6.73. The summed E-state index contributed by atoms with van der Waals surface area (Å²) in [4.78, 5) is 12.1. The number of hydrogen-bond acceptors (Lipinski definition) is 3. The Morgan fingerprint density at radius 2 is 1.95 bits per heavy atom. The van der Waals surface area contributed by atoms with E-state index >= 15 is 0 Å². The summed E-state index contributed by atoms with van der Waals surface area (Å²) >= 11 is 6.03. The summed E-state index contributed by atoms with van der Waals surface area (Å²) in [6.45, 7) is 3.55. The standard InChI is InChI=1S/C17H15ClN2O2/c1-11-3-6-14(9-16(11)18)20-17(21)12(2)22-15-7-4-13(10-19)5-8-15/h3-9,12H,1-2H3,(H,20,21)/t12-/m0/s1. The molecule has 22 heavy (non-hydrogen) atoms. The normalized spacial score (nSPS) is 11.4. The first-order chi connectivity index (χ1) is 10.5. The number of amides is 1. The monoisotopic (exact) mass is 314 g/mol. The van der Waals surface area contributed by atoms with Crippen LogP contribution in [0.15, 0.2) is 42.5 Å². The Balaban J connectivity index is 1.99. The summed E-state index contributed by atoms with van der Waals surface area (Å²) in [6, 6.07) is 13.9. The van der Waals surface area contributed by atoms with Gasteiger partial charge in [0.25, 0.3) is 5.91 Å². The molecule has 112 valence electrons. The number of carbonyl (C=O) groups excluding carboxylic acids is 1. The van der Waals surface area contributed by atoms with Crippen LogP contribution < -0.4 is 10.1 Å². The number of halogens is 1. The summed E-state index contributed by atoms with van der Waals surface area (Å²) < 4.78 is 5.55. The van der Waals surface area contributed by atoms with Gasteiger partial charge in [0.1, 0.15) is 5.75 Å². The molecule has 0 fully saturated rings. The molecule has 5 heteroatoms. The van der Waals surface area contributed by atoms with Crippen molar-refractivity contribution in [2.24, 2.45) is 0 Å². The third kappa shape index (κ3) is 4.00. The predicted octanol–water partition coefficient (Wildman–Crippen LogP) is 3.93. The summed E-state index contributed by atoms with van der Waals surface area (Å²) in [7, 11) is 0. The second-order valence-corrected chi connectivity index (χ2v) is 5.26. The van der Waals surface area contributed by atoms with Gasteiger partial charge in [0.05, 0.1) is 11.6 Å². The quantitative estimate of drug-likeness (QED) is 0.930. The van der Waals surface area contributed by atoms with Crippen LogP contribution in [0.5, 0.6) is 5.75 Å². The molecule has 0 aliphatic rings. The van der Waals surface area contributed by atoms with Gasteiger partial charge in [-0.2, -0.15) is 5.26 Å². The number of rotatable bonds is 4. The van der Waals surface area contributed by atoms with Crippen molar-refractivity contribution in [3.63, 3.8) is 0 Å². The number of benzene rings is 2. The molecular formula is C17H15ClN2O2. The highest BCUT2D eigenvalue weighted by Crippen LogP contribution is 2.20. The molecule has 4 nitrogen and oxygen atoms in total. The smallest absolute Gasteiger partial charge is 0.265 e. The van der Waals surface area contributed by atoms with Crippen LogP contribution >= 0.6 is 11.6 Å². The summed E-state index contributed by atoms with van der Waals surface area (Å²) in [5.74, 6) is 0.257. The fraction of sp³-hybridized carbons (Fsp3) is 0.176. The third-order valence-electron chi connectivity index (χ3n) is 3.10. The van der Waals surface area contributed by atoms with E-state index < -0.39 is 6.10 Å². The van der Waals surface area contributed by atoms with Gasteiger partial charge in [-0.05, 0) is 55.8 Å². The van der Waals surface area contributed by atoms with Crippen molar-refractivity contribution in [1.29, 1.82) is 5.26 Å². The summed E-state index contributed by atoms with van der Waals surface area (Å²) in [6.07, 6.45) is -0.673. The van der Waals surface area contributed by atoms with Gasteiger partial charge >= 0.3 is 0 Å². The fourth-order valence-electron chi connectivity index (χ4n) is 1.78. The van der Waals surface area contributed by atoms with Crippen LogP contribution in [0.3, 0.4) is 0 Å². The zero-order valence-corrected chi connectivity index (χ0v) is 13.0. The highest BCUT2D eigenvalue weighted by molar-refractivity contribution is 6.31. The number of anilines is 1. The number of ether oxygens (including phenoxy) is 1. The van der Waals surface area contributed by atoms with E-state index in [0.717, 1.165) is 5.56 Å². The maximum absolute atomic E-state index is 12.1. The third-order valence-corrected chi connectivity index (χ3v) is 3.51. The van der Waals surface area contributed by atoms with Crippen LogP contribution in [-0.4, -0.2) is 12.0 Å². The van der Waals surface area contributed by atoms with Gasteiger partial charge in [0.2, 0.25) is 0 Å². The lowest BCUT2D eigenvalue weighted by atomic mass is 10.2. The minimum absolute atomic E-state index is 0.274. The summed E-state index contributed by atoms with van der Waals surface area (Å²) in [5.41, 5.74) is 2.11. The van der Waals surface area contributed by atoms with E-state index in [0.29, 0.717) is 22.0 Å². The Hall–Kier alpha value is -2.51. The second-order valence-electron chi connectivity index (χ2n) is 4.85. The van der Waals surface area contributed by atoms with Crippen molar-refractivity contribution in [3.8, 4) is 11.8 Å². The molecule has 1 atom stereocenters. The zero-order valence-electron chi connectivity index (χ0n) is 12.3. The Labute approximate surface area is 134 Å². The molecule has 0 radical (unpaired) electrons. The van der Waals surface area contributed by atoms with Crippen LogP contribution in [0.2, 0.25) is 5.02 Å². The average Bonchev–Trinajstić information content (AvgIpc) is 2.51. The van der Waals surface area contributed by atoms with E-state index in [1.54, 1.807) is 43.3 Å².